The summed E-state index contributed by atoms with van der Waals surface area (Å²) in [5.41, 5.74) is 3.98. The fraction of sp³-hybridized carbons (Fsp3) is 0.174. The molecular formula is C23H22ClN5O4. The Kier molecular flexibility index (Phi) is 7.57. The molecule has 0 bridgehead atoms. The summed E-state index contributed by atoms with van der Waals surface area (Å²) in [6.45, 7) is 3.62. The van der Waals surface area contributed by atoms with Crippen molar-refractivity contribution in [3.05, 3.63) is 93.3 Å². The highest BCUT2D eigenvalue weighted by Gasteiger charge is 2.24. The summed E-state index contributed by atoms with van der Waals surface area (Å²) < 4.78 is 1.70. The number of aromatic nitrogens is 1. The van der Waals surface area contributed by atoms with Gasteiger partial charge in [-0.2, -0.15) is 5.10 Å². The van der Waals surface area contributed by atoms with E-state index in [-0.39, 0.29) is 11.6 Å². The third-order valence-corrected chi connectivity index (χ3v) is 5.06. The molecule has 3 aromatic rings. The molecule has 9 nitrogen and oxygen atoms in total. The summed E-state index contributed by atoms with van der Waals surface area (Å²) in [5.74, 6) is -1.06. The van der Waals surface area contributed by atoms with Crippen molar-refractivity contribution in [2.45, 2.75) is 19.9 Å². The Hall–Kier alpha value is -3.98. The molecule has 1 aromatic heterocycles. The highest BCUT2D eigenvalue weighted by molar-refractivity contribution is 6.30. The summed E-state index contributed by atoms with van der Waals surface area (Å²) in [7, 11) is 0. The Bertz CT molecular complexity index is 1190. The van der Waals surface area contributed by atoms with Gasteiger partial charge in [0.1, 0.15) is 6.04 Å². The zero-order chi connectivity index (χ0) is 24.0. The summed E-state index contributed by atoms with van der Waals surface area (Å²) in [4.78, 5) is 35.7. The molecule has 170 valence electrons. The number of carbonyl (C=O) groups excluding carboxylic acids is 2. The predicted octanol–water partition coefficient (Wildman–Crippen LogP) is 3.94. The standard InChI is InChI=1S/C23H22ClN5O4/c1-15(2)21(26-22(30)16-8-10-17(24)11-9-16)23(31)27-25-14-20-7-4-12-28(20)18-5-3-6-19(13-18)29(32)33/h3-15,21H,1-2H3,(H,26,30)(H,27,31). The van der Waals surface area contributed by atoms with E-state index in [0.717, 1.165) is 0 Å². The predicted molar refractivity (Wildman–Crippen MR) is 126 cm³/mol. The molecule has 0 spiro atoms. The van der Waals surface area contributed by atoms with E-state index in [1.54, 1.807) is 59.3 Å². The third kappa shape index (κ3) is 6.05. The third-order valence-electron chi connectivity index (χ3n) is 4.81. The molecule has 0 aliphatic rings. The fourth-order valence-electron chi connectivity index (χ4n) is 3.08. The molecule has 10 heteroatoms. The summed E-state index contributed by atoms with van der Waals surface area (Å²) in [6.07, 6.45) is 3.15. The minimum atomic E-state index is -0.811. The van der Waals surface area contributed by atoms with E-state index < -0.39 is 22.8 Å². The van der Waals surface area contributed by atoms with Crippen LogP contribution in [0.3, 0.4) is 0 Å². The molecule has 1 atom stereocenters. The van der Waals surface area contributed by atoms with Crippen molar-refractivity contribution in [1.82, 2.24) is 15.3 Å². The van der Waals surface area contributed by atoms with E-state index >= 15 is 0 Å². The van der Waals surface area contributed by atoms with Crippen LogP contribution in [-0.4, -0.2) is 33.6 Å². The molecule has 1 unspecified atom stereocenters. The topological polar surface area (TPSA) is 119 Å². The number of hydrogen-bond donors (Lipinski definition) is 2. The van der Waals surface area contributed by atoms with E-state index in [0.29, 0.717) is 22.0 Å². The van der Waals surface area contributed by atoms with E-state index in [9.17, 15) is 19.7 Å². The molecular weight excluding hydrogens is 446 g/mol. The van der Waals surface area contributed by atoms with Crippen molar-refractivity contribution in [1.29, 1.82) is 0 Å². The lowest BCUT2D eigenvalue weighted by atomic mass is 10.0. The Balaban J connectivity index is 1.69. The van der Waals surface area contributed by atoms with Gasteiger partial charge in [-0.05, 0) is 48.4 Å². The van der Waals surface area contributed by atoms with Crippen LogP contribution in [0.2, 0.25) is 5.02 Å². The maximum Gasteiger partial charge on any atom is 0.271 e. The second-order valence-electron chi connectivity index (χ2n) is 7.52. The van der Waals surface area contributed by atoms with Crippen LogP contribution in [0.4, 0.5) is 5.69 Å². The number of hydrazone groups is 1. The first-order valence-electron chi connectivity index (χ1n) is 10.1. The molecule has 0 radical (unpaired) electrons. The zero-order valence-electron chi connectivity index (χ0n) is 17.9. The van der Waals surface area contributed by atoms with Crippen molar-refractivity contribution >= 4 is 35.3 Å². The summed E-state index contributed by atoms with van der Waals surface area (Å²) >= 11 is 5.85. The van der Waals surface area contributed by atoms with Crippen molar-refractivity contribution in [2.24, 2.45) is 11.0 Å². The van der Waals surface area contributed by atoms with E-state index in [1.807, 2.05) is 13.8 Å². The number of amides is 2. The van der Waals surface area contributed by atoms with Gasteiger partial charge in [0.15, 0.2) is 0 Å². The average Bonchev–Trinajstić information content (AvgIpc) is 3.26. The van der Waals surface area contributed by atoms with Gasteiger partial charge in [0, 0.05) is 28.9 Å². The second kappa shape index (κ2) is 10.6. The number of nitrogens with zero attached hydrogens (tertiary/aromatic N) is 3. The van der Waals surface area contributed by atoms with Crippen LogP contribution >= 0.6 is 11.6 Å². The van der Waals surface area contributed by atoms with Gasteiger partial charge < -0.3 is 9.88 Å². The van der Waals surface area contributed by atoms with E-state index in [1.165, 1.54) is 18.3 Å². The molecule has 0 fully saturated rings. The lowest BCUT2D eigenvalue weighted by molar-refractivity contribution is -0.384. The lowest BCUT2D eigenvalue weighted by Crippen LogP contribution is -2.48. The monoisotopic (exact) mass is 467 g/mol. The fourth-order valence-corrected chi connectivity index (χ4v) is 3.21. The van der Waals surface area contributed by atoms with Gasteiger partial charge in [0.2, 0.25) is 0 Å². The largest absolute Gasteiger partial charge is 0.340 e. The normalized spacial score (nSPS) is 12.0. The van der Waals surface area contributed by atoms with Crippen LogP contribution in [0.25, 0.3) is 5.69 Å². The van der Waals surface area contributed by atoms with Crippen LogP contribution in [0.5, 0.6) is 0 Å². The average molecular weight is 468 g/mol. The van der Waals surface area contributed by atoms with Gasteiger partial charge in [-0.1, -0.05) is 31.5 Å². The number of nitrogens with one attached hydrogen (secondary N) is 2. The molecule has 0 aliphatic carbocycles. The van der Waals surface area contributed by atoms with E-state index in [2.05, 4.69) is 15.8 Å². The number of benzene rings is 2. The van der Waals surface area contributed by atoms with Crippen LogP contribution in [0, 0.1) is 16.0 Å². The number of nitro groups is 1. The number of nitro benzene ring substituents is 1. The molecule has 0 saturated carbocycles. The number of hydrogen-bond acceptors (Lipinski definition) is 5. The molecule has 0 aliphatic heterocycles. The molecule has 33 heavy (non-hydrogen) atoms. The minimum absolute atomic E-state index is 0.0337. The van der Waals surface area contributed by atoms with Crippen molar-refractivity contribution in [3.63, 3.8) is 0 Å². The highest BCUT2D eigenvalue weighted by Crippen LogP contribution is 2.18. The van der Waals surface area contributed by atoms with Crippen LogP contribution in [-0.2, 0) is 4.79 Å². The van der Waals surface area contributed by atoms with E-state index in [4.69, 9.17) is 11.6 Å². The minimum Gasteiger partial charge on any atom is -0.340 e. The van der Waals surface area contributed by atoms with Gasteiger partial charge in [0.25, 0.3) is 17.5 Å². The second-order valence-corrected chi connectivity index (χ2v) is 7.95. The molecule has 0 saturated heterocycles. The Morgan fingerprint density at radius 2 is 1.85 bits per heavy atom. The van der Waals surface area contributed by atoms with Gasteiger partial charge in [-0.15, -0.1) is 0 Å². The van der Waals surface area contributed by atoms with Gasteiger partial charge >= 0.3 is 0 Å². The van der Waals surface area contributed by atoms with Gasteiger partial charge in [0.05, 0.1) is 22.5 Å². The molecule has 3 rings (SSSR count). The van der Waals surface area contributed by atoms with Crippen LogP contribution in [0.1, 0.15) is 29.9 Å². The quantitative estimate of drug-likeness (QED) is 0.296. The molecule has 2 amide bonds. The first-order valence-corrected chi connectivity index (χ1v) is 10.5. The first kappa shape index (κ1) is 23.7. The Morgan fingerprint density at radius 1 is 1.12 bits per heavy atom. The van der Waals surface area contributed by atoms with Crippen LogP contribution < -0.4 is 10.7 Å². The highest BCUT2D eigenvalue weighted by atomic mass is 35.5. The summed E-state index contributed by atoms with van der Waals surface area (Å²) in [6, 6.07) is 15.2. The molecule has 2 N–H and O–H groups in total. The SMILES string of the molecule is CC(C)C(NC(=O)c1ccc(Cl)cc1)C(=O)NN=Cc1cccn1-c1cccc([N+](=O)[O-])c1. The van der Waals surface area contributed by atoms with Crippen LogP contribution in [0.15, 0.2) is 72.0 Å². The lowest BCUT2D eigenvalue weighted by Gasteiger charge is -2.20. The van der Waals surface area contributed by atoms with Crippen molar-refractivity contribution in [3.8, 4) is 5.69 Å². The van der Waals surface area contributed by atoms with Crippen molar-refractivity contribution in [2.75, 3.05) is 0 Å². The van der Waals surface area contributed by atoms with Gasteiger partial charge in [-0.25, -0.2) is 5.43 Å². The number of rotatable bonds is 8. The van der Waals surface area contributed by atoms with Gasteiger partial charge in [-0.3, -0.25) is 19.7 Å². The Labute approximate surface area is 195 Å². The molecule has 1 heterocycles. The number of carbonyl (C=O) groups is 2. The number of non-ortho nitro benzene ring substituents is 1. The molecule has 2 aromatic carbocycles. The van der Waals surface area contributed by atoms with Crippen molar-refractivity contribution < 1.29 is 14.5 Å². The maximum atomic E-state index is 12.7. The number of halogens is 1. The summed E-state index contributed by atoms with van der Waals surface area (Å²) in [5, 5.41) is 18.3. The first-order chi connectivity index (χ1) is 15.8. The smallest absolute Gasteiger partial charge is 0.271 e. The maximum absolute atomic E-state index is 12.7. The Morgan fingerprint density at radius 3 is 2.52 bits per heavy atom. The zero-order valence-corrected chi connectivity index (χ0v) is 18.7.